The number of hydrogen-bond acceptors (Lipinski definition) is 6. The number of ether oxygens (including phenoxy) is 2. The summed E-state index contributed by atoms with van der Waals surface area (Å²) in [6, 6.07) is 10.1. The van der Waals surface area contributed by atoms with Crippen molar-refractivity contribution in [2.45, 2.75) is 44.8 Å². The number of carbonyl (C=O) groups excluding carboxylic acids is 2. The molecular formula is C29H31FN2O6. The van der Waals surface area contributed by atoms with Gasteiger partial charge in [0.2, 0.25) is 0 Å². The zero-order valence-electron chi connectivity index (χ0n) is 21.1. The molecule has 8 nitrogen and oxygen atoms in total. The molecular weight excluding hydrogens is 491 g/mol. The van der Waals surface area contributed by atoms with Gasteiger partial charge >= 0.3 is 18.0 Å². The van der Waals surface area contributed by atoms with Crippen LogP contribution in [0.25, 0.3) is 17.2 Å². The highest BCUT2D eigenvalue weighted by molar-refractivity contribution is 5.76. The topological polar surface area (TPSA) is 115 Å². The Morgan fingerprint density at radius 3 is 2.79 bits per heavy atom. The lowest BCUT2D eigenvalue weighted by Gasteiger charge is -2.47. The number of pyridine rings is 1. The molecule has 1 saturated heterocycles. The van der Waals surface area contributed by atoms with Gasteiger partial charge in [0.15, 0.2) is 6.61 Å². The molecule has 2 aliphatic carbocycles. The molecule has 0 spiro atoms. The Morgan fingerprint density at radius 1 is 1.21 bits per heavy atom. The lowest BCUT2D eigenvalue weighted by Crippen LogP contribution is -2.48. The van der Waals surface area contributed by atoms with Crippen molar-refractivity contribution in [1.82, 2.24) is 10.3 Å². The molecule has 2 heterocycles. The first kappa shape index (κ1) is 25.9. The molecule has 1 aromatic heterocycles. The third-order valence-corrected chi connectivity index (χ3v) is 8.23. The third-order valence-electron chi connectivity index (χ3n) is 8.23. The van der Waals surface area contributed by atoms with Crippen molar-refractivity contribution in [2.24, 2.45) is 29.6 Å². The monoisotopic (exact) mass is 522 g/mol. The number of cyclic esters (lactones) is 1. The van der Waals surface area contributed by atoms with Gasteiger partial charge < -0.3 is 19.9 Å². The summed E-state index contributed by atoms with van der Waals surface area (Å²) in [6.45, 7) is 1.28. The number of halogens is 1. The SMILES string of the molecule is C[C@H]1OC(=O)[C@@H]2C[C@@H]3C[C@@H](NC(=O)OCC(=O)O)CC[C@H]3[C@H](C=Cc3ccc(-c4cccc(F)c4)cn3)[C@H]12. The minimum Gasteiger partial charge on any atom is -0.479 e. The lowest BCUT2D eigenvalue weighted by molar-refractivity contribution is -0.144. The summed E-state index contributed by atoms with van der Waals surface area (Å²) in [4.78, 5) is 39.9. The molecule has 0 unspecified atom stereocenters. The summed E-state index contributed by atoms with van der Waals surface area (Å²) in [6.07, 6.45) is 7.99. The normalized spacial score (nSPS) is 30.3. The first-order valence-electron chi connectivity index (χ1n) is 13.0. The van der Waals surface area contributed by atoms with Crippen LogP contribution in [0, 0.1) is 35.4 Å². The van der Waals surface area contributed by atoms with Crippen LogP contribution in [0.5, 0.6) is 0 Å². The van der Waals surface area contributed by atoms with Gasteiger partial charge in [-0.25, -0.2) is 14.0 Å². The van der Waals surface area contributed by atoms with Gasteiger partial charge in [-0.1, -0.05) is 24.3 Å². The maximum atomic E-state index is 13.6. The van der Waals surface area contributed by atoms with Gasteiger partial charge in [0.05, 0.1) is 11.6 Å². The van der Waals surface area contributed by atoms with Crippen LogP contribution in [0.15, 0.2) is 48.7 Å². The van der Waals surface area contributed by atoms with Crippen LogP contribution in [0.2, 0.25) is 0 Å². The summed E-state index contributed by atoms with van der Waals surface area (Å²) in [5, 5.41) is 11.5. The molecule has 200 valence electrons. The second-order valence-electron chi connectivity index (χ2n) is 10.5. The Hall–Kier alpha value is -3.75. The Morgan fingerprint density at radius 2 is 2.05 bits per heavy atom. The summed E-state index contributed by atoms with van der Waals surface area (Å²) in [5.74, 6) is -1.12. The standard InChI is InChI=1S/C29H31FN2O6/c1-16-27-24(10-7-21-6-5-18(14-31-21)17-3-2-4-20(30)11-17)23-9-8-22(32-29(36)37-15-26(33)34)12-19(23)13-25(27)28(35)38-16/h2-7,10-11,14,16,19,22-25,27H,8-9,12-13,15H2,1H3,(H,32,36)(H,33,34)/t16-,19+,22+,23-,24+,25-,27+/m1/s1. The second-order valence-corrected chi connectivity index (χ2v) is 10.5. The molecule has 1 aliphatic heterocycles. The molecule has 1 aromatic carbocycles. The Bertz CT molecular complexity index is 1230. The van der Waals surface area contributed by atoms with E-state index in [0.717, 1.165) is 29.7 Å². The van der Waals surface area contributed by atoms with Crippen LogP contribution in [0.1, 0.15) is 38.3 Å². The van der Waals surface area contributed by atoms with Crippen molar-refractivity contribution in [3.05, 3.63) is 60.2 Å². The number of allylic oxidation sites excluding steroid dienone is 1. The van der Waals surface area contributed by atoms with Gasteiger partial charge in [-0.05, 0) is 80.2 Å². The number of alkyl carbamates (subject to hydrolysis) is 1. The number of hydrogen-bond donors (Lipinski definition) is 2. The van der Waals surface area contributed by atoms with E-state index in [1.807, 2.05) is 31.2 Å². The van der Waals surface area contributed by atoms with Crippen molar-refractivity contribution in [3.8, 4) is 11.1 Å². The van der Waals surface area contributed by atoms with E-state index in [1.54, 1.807) is 12.3 Å². The Kier molecular flexibility index (Phi) is 7.44. The number of nitrogens with zero attached hydrogens (tertiary/aromatic N) is 1. The van der Waals surface area contributed by atoms with E-state index in [1.165, 1.54) is 12.1 Å². The van der Waals surface area contributed by atoms with Crippen LogP contribution in [0.3, 0.4) is 0 Å². The molecule has 2 N–H and O–H groups in total. The smallest absolute Gasteiger partial charge is 0.407 e. The van der Waals surface area contributed by atoms with Gasteiger partial charge in [0.25, 0.3) is 0 Å². The molecule has 9 heteroatoms. The van der Waals surface area contributed by atoms with Gasteiger partial charge in [-0.3, -0.25) is 9.78 Å². The van der Waals surface area contributed by atoms with E-state index < -0.39 is 18.7 Å². The second kappa shape index (κ2) is 10.9. The van der Waals surface area contributed by atoms with E-state index in [4.69, 9.17) is 14.6 Å². The van der Waals surface area contributed by atoms with Gasteiger partial charge in [0.1, 0.15) is 11.9 Å². The van der Waals surface area contributed by atoms with Crippen molar-refractivity contribution in [1.29, 1.82) is 0 Å². The Labute approximate surface area is 220 Å². The number of nitrogens with one attached hydrogen (secondary N) is 1. The maximum Gasteiger partial charge on any atom is 0.407 e. The van der Waals surface area contributed by atoms with E-state index in [-0.39, 0.29) is 47.6 Å². The van der Waals surface area contributed by atoms with E-state index in [2.05, 4.69) is 16.4 Å². The summed E-state index contributed by atoms with van der Waals surface area (Å²) in [7, 11) is 0. The fourth-order valence-corrected chi connectivity index (χ4v) is 6.63. The minimum absolute atomic E-state index is 0.0802. The number of esters is 1. The number of benzene rings is 1. The third kappa shape index (κ3) is 5.56. The average Bonchev–Trinajstić information content (AvgIpc) is 3.18. The van der Waals surface area contributed by atoms with Crippen LogP contribution >= 0.6 is 0 Å². The summed E-state index contributed by atoms with van der Waals surface area (Å²) in [5.41, 5.74) is 2.37. The number of carbonyl (C=O) groups is 3. The Balaban J connectivity index is 1.31. The number of aromatic nitrogens is 1. The number of carboxylic acids is 1. The first-order chi connectivity index (χ1) is 18.3. The minimum atomic E-state index is -1.20. The molecule has 0 radical (unpaired) electrons. The molecule has 2 saturated carbocycles. The predicted octanol–water partition coefficient (Wildman–Crippen LogP) is 4.69. The fourth-order valence-electron chi connectivity index (χ4n) is 6.63. The van der Waals surface area contributed by atoms with E-state index in [0.29, 0.717) is 18.8 Å². The molecule has 0 bridgehead atoms. The predicted molar refractivity (Wildman–Crippen MR) is 136 cm³/mol. The van der Waals surface area contributed by atoms with E-state index >= 15 is 0 Å². The summed E-state index contributed by atoms with van der Waals surface area (Å²) >= 11 is 0. The fraction of sp³-hybridized carbons (Fsp3) is 0.448. The largest absolute Gasteiger partial charge is 0.479 e. The number of aliphatic carboxylic acids is 1. The molecule has 3 fully saturated rings. The highest BCUT2D eigenvalue weighted by Gasteiger charge is 2.54. The molecule has 5 rings (SSSR count). The van der Waals surface area contributed by atoms with Gasteiger partial charge in [-0.15, -0.1) is 0 Å². The number of amides is 1. The number of rotatable bonds is 6. The van der Waals surface area contributed by atoms with Crippen molar-refractivity contribution in [3.63, 3.8) is 0 Å². The van der Waals surface area contributed by atoms with E-state index in [9.17, 15) is 18.8 Å². The summed E-state index contributed by atoms with van der Waals surface area (Å²) < 4.78 is 24.0. The van der Waals surface area contributed by atoms with Gasteiger partial charge in [-0.2, -0.15) is 0 Å². The van der Waals surface area contributed by atoms with Crippen LogP contribution in [-0.2, 0) is 19.1 Å². The highest BCUT2D eigenvalue weighted by Crippen LogP contribution is 2.53. The van der Waals surface area contributed by atoms with Crippen molar-refractivity contribution >= 4 is 24.1 Å². The highest BCUT2D eigenvalue weighted by atomic mass is 19.1. The molecule has 3 aliphatic rings. The lowest BCUT2D eigenvalue weighted by atomic mass is 9.57. The zero-order valence-corrected chi connectivity index (χ0v) is 21.1. The van der Waals surface area contributed by atoms with Crippen LogP contribution < -0.4 is 5.32 Å². The average molecular weight is 523 g/mol. The molecule has 7 atom stereocenters. The number of fused-ring (bicyclic) bond motifs is 2. The molecule has 1 amide bonds. The van der Waals surface area contributed by atoms with Crippen molar-refractivity contribution < 1.29 is 33.4 Å². The first-order valence-corrected chi connectivity index (χ1v) is 13.0. The van der Waals surface area contributed by atoms with Crippen LogP contribution in [-0.4, -0.2) is 46.9 Å². The molecule has 38 heavy (non-hydrogen) atoms. The quantitative estimate of drug-likeness (QED) is 0.529. The molecule has 2 aromatic rings. The number of carboxylic acid groups (broad SMARTS) is 1. The zero-order chi connectivity index (χ0) is 26.8. The van der Waals surface area contributed by atoms with Gasteiger partial charge in [0, 0.05) is 23.7 Å². The van der Waals surface area contributed by atoms with Crippen molar-refractivity contribution in [2.75, 3.05) is 6.61 Å². The maximum absolute atomic E-state index is 13.6. The van der Waals surface area contributed by atoms with Crippen LogP contribution in [0.4, 0.5) is 9.18 Å².